The molecule has 0 aliphatic rings. The van der Waals surface area contributed by atoms with Gasteiger partial charge in [0.25, 0.3) is 0 Å². The summed E-state index contributed by atoms with van der Waals surface area (Å²) in [5, 5.41) is 9.89. The Morgan fingerprint density at radius 3 is 2.17 bits per heavy atom. The molecule has 0 bridgehead atoms. The molecular formula is C14H11F3O. The smallest absolute Gasteiger partial charge is 0.159 e. The molecule has 0 radical (unpaired) electrons. The summed E-state index contributed by atoms with van der Waals surface area (Å²) in [5.74, 6) is -2.26. The summed E-state index contributed by atoms with van der Waals surface area (Å²) >= 11 is 0. The molecule has 0 amide bonds. The van der Waals surface area contributed by atoms with E-state index in [2.05, 4.69) is 0 Å². The van der Waals surface area contributed by atoms with Crippen LogP contribution in [0.15, 0.2) is 42.5 Å². The second-order valence-electron chi connectivity index (χ2n) is 4.02. The van der Waals surface area contributed by atoms with Gasteiger partial charge in [-0.1, -0.05) is 18.2 Å². The van der Waals surface area contributed by atoms with Crippen molar-refractivity contribution in [2.45, 2.75) is 12.5 Å². The highest BCUT2D eigenvalue weighted by Gasteiger charge is 2.10. The van der Waals surface area contributed by atoms with Crippen LogP contribution in [0.4, 0.5) is 13.2 Å². The Hall–Kier alpha value is -1.81. The normalized spacial score (nSPS) is 12.4. The van der Waals surface area contributed by atoms with Gasteiger partial charge in [-0.15, -0.1) is 0 Å². The molecule has 0 saturated heterocycles. The van der Waals surface area contributed by atoms with Crippen molar-refractivity contribution in [1.29, 1.82) is 0 Å². The zero-order valence-corrected chi connectivity index (χ0v) is 9.41. The highest BCUT2D eigenvalue weighted by molar-refractivity contribution is 5.23. The van der Waals surface area contributed by atoms with Crippen LogP contribution in [0.3, 0.4) is 0 Å². The van der Waals surface area contributed by atoms with E-state index < -0.39 is 23.6 Å². The largest absolute Gasteiger partial charge is 0.388 e. The first-order valence-corrected chi connectivity index (χ1v) is 5.44. The first kappa shape index (κ1) is 12.6. The van der Waals surface area contributed by atoms with Gasteiger partial charge in [0.15, 0.2) is 11.6 Å². The monoisotopic (exact) mass is 252 g/mol. The van der Waals surface area contributed by atoms with Gasteiger partial charge < -0.3 is 5.11 Å². The summed E-state index contributed by atoms with van der Waals surface area (Å²) in [4.78, 5) is 0. The molecule has 18 heavy (non-hydrogen) atoms. The summed E-state index contributed by atoms with van der Waals surface area (Å²) in [6, 6.07) is 8.86. The lowest BCUT2D eigenvalue weighted by atomic mass is 10.0. The van der Waals surface area contributed by atoms with Gasteiger partial charge in [0.2, 0.25) is 0 Å². The van der Waals surface area contributed by atoms with Crippen molar-refractivity contribution in [2.24, 2.45) is 0 Å². The zero-order valence-electron chi connectivity index (χ0n) is 9.41. The van der Waals surface area contributed by atoms with E-state index in [4.69, 9.17) is 0 Å². The number of aliphatic hydroxyl groups is 1. The minimum Gasteiger partial charge on any atom is -0.388 e. The molecule has 2 aromatic rings. The number of hydrogen-bond acceptors (Lipinski definition) is 1. The van der Waals surface area contributed by atoms with Gasteiger partial charge in [-0.2, -0.15) is 0 Å². The molecule has 1 unspecified atom stereocenters. The molecule has 94 valence electrons. The molecule has 1 nitrogen and oxygen atoms in total. The van der Waals surface area contributed by atoms with Gasteiger partial charge in [0.1, 0.15) is 5.82 Å². The minimum absolute atomic E-state index is 0.142. The molecule has 4 heteroatoms. The Kier molecular flexibility index (Phi) is 3.67. The molecule has 0 aliphatic carbocycles. The average Bonchev–Trinajstić information content (AvgIpc) is 2.34. The van der Waals surface area contributed by atoms with E-state index in [9.17, 15) is 18.3 Å². The van der Waals surface area contributed by atoms with Crippen LogP contribution in [0.1, 0.15) is 17.2 Å². The van der Waals surface area contributed by atoms with E-state index in [0.717, 1.165) is 12.1 Å². The van der Waals surface area contributed by atoms with Crippen LogP contribution in [0.25, 0.3) is 0 Å². The second-order valence-corrected chi connectivity index (χ2v) is 4.02. The van der Waals surface area contributed by atoms with E-state index >= 15 is 0 Å². The number of hydrogen-bond donors (Lipinski definition) is 1. The van der Waals surface area contributed by atoms with Crippen molar-refractivity contribution in [3.8, 4) is 0 Å². The third-order valence-electron chi connectivity index (χ3n) is 2.67. The van der Waals surface area contributed by atoms with Crippen molar-refractivity contribution >= 4 is 0 Å². The molecule has 0 saturated carbocycles. The molecule has 0 aliphatic heterocycles. The molecule has 0 aromatic heterocycles. The van der Waals surface area contributed by atoms with Gasteiger partial charge >= 0.3 is 0 Å². The minimum atomic E-state index is -0.946. The Balaban J connectivity index is 2.13. The summed E-state index contributed by atoms with van der Waals surface area (Å²) in [7, 11) is 0. The maximum atomic E-state index is 13.0. The SMILES string of the molecule is OC(Cc1ccc(F)c(F)c1)c1ccc(F)cc1. The summed E-state index contributed by atoms with van der Waals surface area (Å²) in [6.07, 6.45) is -0.738. The highest BCUT2D eigenvalue weighted by Crippen LogP contribution is 2.19. The topological polar surface area (TPSA) is 20.2 Å². The van der Waals surface area contributed by atoms with E-state index in [0.29, 0.717) is 11.1 Å². The maximum absolute atomic E-state index is 13.0. The predicted molar refractivity (Wildman–Crippen MR) is 61.4 cm³/mol. The second kappa shape index (κ2) is 5.23. The van der Waals surface area contributed by atoms with Crippen molar-refractivity contribution in [3.63, 3.8) is 0 Å². The highest BCUT2D eigenvalue weighted by atomic mass is 19.2. The zero-order chi connectivity index (χ0) is 13.1. The van der Waals surface area contributed by atoms with Gasteiger partial charge in [0.05, 0.1) is 6.10 Å². The number of halogens is 3. The molecule has 0 heterocycles. The first-order chi connectivity index (χ1) is 8.56. The summed E-state index contributed by atoms with van der Waals surface area (Å²) in [6.45, 7) is 0. The fourth-order valence-corrected chi connectivity index (χ4v) is 1.69. The maximum Gasteiger partial charge on any atom is 0.159 e. The first-order valence-electron chi connectivity index (χ1n) is 5.44. The van der Waals surface area contributed by atoms with Crippen LogP contribution in [0.5, 0.6) is 0 Å². The third-order valence-corrected chi connectivity index (χ3v) is 2.67. The summed E-state index contributed by atoms with van der Waals surface area (Å²) < 4.78 is 38.4. The van der Waals surface area contributed by atoms with Crippen LogP contribution >= 0.6 is 0 Å². The Morgan fingerprint density at radius 1 is 0.889 bits per heavy atom. The fourth-order valence-electron chi connectivity index (χ4n) is 1.69. The predicted octanol–water partition coefficient (Wildman–Crippen LogP) is 3.38. The van der Waals surface area contributed by atoms with E-state index in [1.807, 2.05) is 0 Å². The number of rotatable bonds is 3. The Morgan fingerprint density at radius 2 is 1.56 bits per heavy atom. The van der Waals surface area contributed by atoms with Gasteiger partial charge in [-0.05, 0) is 35.4 Å². The molecule has 1 N–H and O–H groups in total. The van der Waals surface area contributed by atoms with E-state index in [-0.39, 0.29) is 6.42 Å². The lowest BCUT2D eigenvalue weighted by Crippen LogP contribution is -2.02. The van der Waals surface area contributed by atoms with Crippen LogP contribution in [0, 0.1) is 17.5 Å². The fraction of sp³-hybridized carbons (Fsp3) is 0.143. The van der Waals surface area contributed by atoms with Gasteiger partial charge in [-0.3, -0.25) is 0 Å². The van der Waals surface area contributed by atoms with Crippen LogP contribution in [-0.4, -0.2) is 5.11 Å². The molecule has 0 fully saturated rings. The molecule has 1 atom stereocenters. The quantitative estimate of drug-likeness (QED) is 0.887. The molecule has 0 spiro atoms. The van der Waals surface area contributed by atoms with Crippen LogP contribution < -0.4 is 0 Å². The van der Waals surface area contributed by atoms with E-state index in [1.165, 1.54) is 30.3 Å². The van der Waals surface area contributed by atoms with Crippen molar-refractivity contribution in [3.05, 3.63) is 71.0 Å². The lowest BCUT2D eigenvalue weighted by molar-refractivity contribution is 0.178. The molecule has 2 aromatic carbocycles. The van der Waals surface area contributed by atoms with E-state index in [1.54, 1.807) is 0 Å². The third kappa shape index (κ3) is 2.90. The van der Waals surface area contributed by atoms with Crippen molar-refractivity contribution in [1.82, 2.24) is 0 Å². The number of aliphatic hydroxyl groups excluding tert-OH is 1. The standard InChI is InChI=1S/C14H11F3O/c15-11-4-2-10(3-5-11)14(18)8-9-1-6-12(16)13(17)7-9/h1-7,14,18H,8H2. The van der Waals surface area contributed by atoms with Crippen LogP contribution in [0.2, 0.25) is 0 Å². The summed E-state index contributed by atoms with van der Waals surface area (Å²) in [5.41, 5.74) is 1.01. The Labute approximate surface area is 103 Å². The van der Waals surface area contributed by atoms with Gasteiger partial charge in [-0.25, -0.2) is 13.2 Å². The Bertz CT molecular complexity index is 537. The lowest BCUT2D eigenvalue weighted by Gasteiger charge is -2.11. The van der Waals surface area contributed by atoms with Gasteiger partial charge in [0, 0.05) is 6.42 Å². The molecule has 2 rings (SSSR count). The number of benzene rings is 2. The van der Waals surface area contributed by atoms with Crippen LogP contribution in [-0.2, 0) is 6.42 Å². The molecular weight excluding hydrogens is 241 g/mol. The average molecular weight is 252 g/mol. The van der Waals surface area contributed by atoms with Crippen molar-refractivity contribution < 1.29 is 18.3 Å². The van der Waals surface area contributed by atoms with Crippen molar-refractivity contribution in [2.75, 3.05) is 0 Å².